The van der Waals surface area contributed by atoms with Crippen LogP contribution in [0.15, 0.2) is 60.8 Å². The maximum Gasteiger partial charge on any atom is 0.421 e. The van der Waals surface area contributed by atoms with E-state index in [9.17, 15) is 18.0 Å². The number of carbonyl (C=O) groups is 1. The van der Waals surface area contributed by atoms with E-state index in [1.54, 1.807) is 37.3 Å². The van der Waals surface area contributed by atoms with Crippen LogP contribution in [0.1, 0.15) is 12.5 Å². The van der Waals surface area contributed by atoms with Gasteiger partial charge in [-0.2, -0.15) is 13.2 Å². The van der Waals surface area contributed by atoms with E-state index in [1.807, 2.05) is 0 Å². The third kappa shape index (κ3) is 4.83. The van der Waals surface area contributed by atoms with Gasteiger partial charge in [0.25, 0.3) is 0 Å². The number of ether oxygens (including phenoxy) is 1. The largest absolute Gasteiger partial charge is 0.449 e. The van der Waals surface area contributed by atoms with Gasteiger partial charge in [-0.05, 0) is 49.4 Å². The molecule has 0 N–H and O–H groups in total. The van der Waals surface area contributed by atoms with Gasteiger partial charge >= 0.3 is 12.3 Å². The van der Waals surface area contributed by atoms with Crippen molar-refractivity contribution in [2.45, 2.75) is 13.1 Å². The van der Waals surface area contributed by atoms with Gasteiger partial charge in [0, 0.05) is 16.8 Å². The van der Waals surface area contributed by atoms with Crippen molar-refractivity contribution in [2.75, 3.05) is 11.5 Å². The standard InChI is InChI=1S/C20H15ClF3N3O2/c1-2-29-19(28)27(16-8-6-14(7-9-16)20(22,23)24)18-25-11-10-17(26-18)13-4-3-5-15(21)12-13/h3-12H,2H2,1H3. The first-order valence-electron chi connectivity index (χ1n) is 8.52. The van der Waals surface area contributed by atoms with E-state index < -0.39 is 17.8 Å². The summed E-state index contributed by atoms with van der Waals surface area (Å²) in [4.78, 5) is 22.0. The lowest BCUT2D eigenvalue weighted by Gasteiger charge is -2.21. The molecule has 9 heteroatoms. The highest BCUT2D eigenvalue weighted by Gasteiger charge is 2.31. The Morgan fingerprint density at radius 2 is 1.86 bits per heavy atom. The van der Waals surface area contributed by atoms with Crippen molar-refractivity contribution in [3.05, 3.63) is 71.4 Å². The van der Waals surface area contributed by atoms with Crippen LogP contribution >= 0.6 is 11.6 Å². The smallest absolute Gasteiger partial charge is 0.421 e. The maximum atomic E-state index is 12.9. The van der Waals surface area contributed by atoms with Crippen molar-refractivity contribution in [2.24, 2.45) is 0 Å². The molecule has 0 aliphatic heterocycles. The van der Waals surface area contributed by atoms with Crippen LogP contribution in [0.3, 0.4) is 0 Å². The molecule has 0 saturated carbocycles. The van der Waals surface area contributed by atoms with Gasteiger partial charge in [-0.15, -0.1) is 0 Å². The van der Waals surface area contributed by atoms with Crippen molar-refractivity contribution in [3.8, 4) is 11.3 Å². The summed E-state index contributed by atoms with van der Waals surface area (Å²) in [7, 11) is 0. The number of aromatic nitrogens is 2. The Labute approximate surface area is 169 Å². The second kappa shape index (κ2) is 8.48. The van der Waals surface area contributed by atoms with Crippen LogP contribution in [-0.4, -0.2) is 22.7 Å². The average Bonchev–Trinajstić information content (AvgIpc) is 2.68. The SMILES string of the molecule is CCOC(=O)N(c1ccc(C(F)(F)F)cc1)c1nccc(-c2cccc(Cl)c2)n1. The van der Waals surface area contributed by atoms with E-state index in [2.05, 4.69) is 9.97 Å². The van der Waals surface area contributed by atoms with Crippen LogP contribution in [-0.2, 0) is 10.9 Å². The molecule has 3 aromatic rings. The summed E-state index contributed by atoms with van der Waals surface area (Å²) in [6.07, 6.45) is -3.86. The number of amides is 1. The molecule has 0 unspecified atom stereocenters. The molecule has 0 aliphatic carbocycles. The zero-order valence-corrected chi connectivity index (χ0v) is 15.9. The van der Waals surface area contributed by atoms with Gasteiger partial charge < -0.3 is 4.74 Å². The highest BCUT2D eigenvalue weighted by Crippen LogP contribution is 2.32. The molecule has 1 aromatic heterocycles. The summed E-state index contributed by atoms with van der Waals surface area (Å²) in [6, 6.07) is 12.6. The molecule has 0 atom stereocenters. The van der Waals surface area contributed by atoms with Gasteiger partial charge in [0.1, 0.15) is 0 Å². The molecule has 1 heterocycles. The quantitative estimate of drug-likeness (QED) is 0.510. The number of anilines is 2. The molecule has 0 aliphatic rings. The molecule has 0 radical (unpaired) electrons. The van der Waals surface area contributed by atoms with Crippen molar-refractivity contribution in [1.82, 2.24) is 9.97 Å². The maximum absolute atomic E-state index is 12.9. The number of halogens is 4. The van der Waals surface area contributed by atoms with Crippen molar-refractivity contribution in [1.29, 1.82) is 0 Å². The fourth-order valence-corrected chi connectivity index (χ4v) is 2.75. The molecule has 5 nitrogen and oxygen atoms in total. The molecule has 0 saturated heterocycles. The van der Waals surface area contributed by atoms with E-state index in [0.29, 0.717) is 16.3 Å². The van der Waals surface area contributed by atoms with E-state index >= 15 is 0 Å². The van der Waals surface area contributed by atoms with Crippen LogP contribution in [0.25, 0.3) is 11.3 Å². The summed E-state index contributed by atoms with van der Waals surface area (Å²) in [5, 5.41) is 0.507. The second-order valence-electron chi connectivity index (χ2n) is 5.83. The molecule has 0 bridgehead atoms. The number of benzene rings is 2. The number of hydrogen-bond donors (Lipinski definition) is 0. The summed E-state index contributed by atoms with van der Waals surface area (Å²) < 4.78 is 43.6. The highest BCUT2D eigenvalue weighted by atomic mass is 35.5. The fourth-order valence-electron chi connectivity index (χ4n) is 2.55. The summed E-state index contributed by atoms with van der Waals surface area (Å²) in [5.41, 5.74) is 0.481. The molecule has 2 aromatic carbocycles. The van der Waals surface area contributed by atoms with Crippen LogP contribution in [0.4, 0.5) is 29.6 Å². The molecule has 1 amide bonds. The zero-order chi connectivity index (χ0) is 21.0. The molecule has 3 rings (SSSR count). The van der Waals surface area contributed by atoms with E-state index in [0.717, 1.165) is 29.2 Å². The fraction of sp³-hybridized carbons (Fsp3) is 0.150. The van der Waals surface area contributed by atoms with Crippen LogP contribution in [0, 0.1) is 0 Å². The van der Waals surface area contributed by atoms with Gasteiger partial charge in [-0.1, -0.05) is 23.7 Å². The van der Waals surface area contributed by atoms with Crippen LogP contribution < -0.4 is 4.90 Å². The predicted molar refractivity (Wildman–Crippen MR) is 103 cm³/mol. The Morgan fingerprint density at radius 3 is 2.48 bits per heavy atom. The third-order valence-electron chi connectivity index (χ3n) is 3.87. The van der Waals surface area contributed by atoms with Gasteiger partial charge in [0.15, 0.2) is 0 Å². The van der Waals surface area contributed by atoms with Gasteiger partial charge in [0.2, 0.25) is 5.95 Å². The summed E-state index contributed by atoms with van der Waals surface area (Å²) >= 11 is 6.02. The lowest BCUT2D eigenvalue weighted by molar-refractivity contribution is -0.137. The van der Waals surface area contributed by atoms with Crippen molar-refractivity contribution >= 4 is 29.3 Å². The first-order valence-corrected chi connectivity index (χ1v) is 8.90. The molecule has 0 fully saturated rings. The molecule has 0 spiro atoms. The Kier molecular flexibility index (Phi) is 6.03. The molecular weight excluding hydrogens is 407 g/mol. The number of alkyl halides is 3. The lowest BCUT2D eigenvalue weighted by Crippen LogP contribution is -2.28. The summed E-state index contributed by atoms with van der Waals surface area (Å²) in [6.45, 7) is 1.69. The number of hydrogen-bond acceptors (Lipinski definition) is 4. The van der Waals surface area contributed by atoms with Crippen molar-refractivity contribution in [3.63, 3.8) is 0 Å². The Morgan fingerprint density at radius 1 is 1.14 bits per heavy atom. The van der Waals surface area contributed by atoms with E-state index in [4.69, 9.17) is 16.3 Å². The topological polar surface area (TPSA) is 55.3 Å². The first-order chi connectivity index (χ1) is 13.8. The first kappa shape index (κ1) is 20.6. The predicted octanol–water partition coefficient (Wildman–Crippen LogP) is 6.11. The van der Waals surface area contributed by atoms with Crippen LogP contribution in [0.2, 0.25) is 5.02 Å². The van der Waals surface area contributed by atoms with Crippen molar-refractivity contribution < 1.29 is 22.7 Å². The Balaban J connectivity index is 2.04. The molecule has 150 valence electrons. The molecular formula is C20H15ClF3N3O2. The number of rotatable bonds is 4. The van der Waals surface area contributed by atoms with Gasteiger partial charge in [-0.25, -0.2) is 19.7 Å². The minimum atomic E-state index is -4.49. The highest BCUT2D eigenvalue weighted by molar-refractivity contribution is 6.30. The normalized spacial score (nSPS) is 11.2. The minimum absolute atomic E-state index is 0.0410. The van der Waals surface area contributed by atoms with Gasteiger partial charge in [-0.3, -0.25) is 0 Å². The zero-order valence-electron chi connectivity index (χ0n) is 15.2. The lowest BCUT2D eigenvalue weighted by atomic mass is 10.1. The minimum Gasteiger partial charge on any atom is -0.449 e. The monoisotopic (exact) mass is 421 g/mol. The third-order valence-corrected chi connectivity index (χ3v) is 4.10. The molecule has 29 heavy (non-hydrogen) atoms. The van der Waals surface area contributed by atoms with E-state index in [1.165, 1.54) is 6.20 Å². The van der Waals surface area contributed by atoms with Gasteiger partial charge in [0.05, 0.1) is 23.6 Å². The second-order valence-corrected chi connectivity index (χ2v) is 6.27. The summed E-state index contributed by atoms with van der Waals surface area (Å²) in [5.74, 6) is -0.0410. The Hall–Kier alpha value is -3.13. The van der Waals surface area contributed by atoms with E-state index in [-0.39, 0.29) is 18.2 Å². The number of carbonyl (C=O) groups excluding carboxylic acids is 1. The van der Waals surface area contributed by atoms with Crippen LogP contribution in [0.5, 0.6) is 0 Å². The Bertz CT molecular complexity index is 1010. The number of nitrogens with zero attached hydrogens (tertiary/aromatic N) is 3. The average molecular weight is 422 g/mol.